The van der Waals surface area contributed by atoms with E-state index in [1.807, 2.05) is 5.92 Å². The molecular formula is C11H11FN2O4S. The number of alkyl halides is 1. The molecule has 6 nitrogen and oxygen atoms in total. The average Bonchev–Trinajstić information content (AvgIpc) is 2.63. The second-order valence-electron chi connectivity index (χ2n) is 4.10. The number of aliphatic hydroxyl groups excluding tert-OH is 1. The van der Waals surface area contributed by atoms with Crippen LogP contribution >= 0.6 is 12.2 Å². The Labute approximate surface area is 112 Å². The zero-order chi connectivity index (χ0) is 14.2. The first-order valence-corrected chi connectivity index (χ1v) is 5.77. The quantitative estimate of drug-likeness (QED) is 0.504. The third-order valence-corrected chi connectivity index (χ3v) is 3.25. The van der Waals surface area contributed by atoms with Gasteiger partial charge in [-0.1, -0.05) is 5.92 Å². The van der Waals surface area contributed by atoms with Gasteiger partial charge >= 0.3 is 0 Å². The molecule has 3 N–H and O–H groups in total. The lowest BCUT2D eigenvalue weighted by Gasteiger charge is -2.25. The minimum Gasteiger partial charge on any atom is -0.394 e. The van der Waals surface area contributed by atoms with E-state index < -0.39 is 36.3 Å². The van der Waals surface area contributed by atoms with Crippen molar-refractivity contribution in [3.05, 3.63) is 27.4 Å². The van der Waals surface area contributed by atoms with Gasteiger partial charge in [-0.3, -0.25) is 14.3 Å². The van der Waals surface area contributed by atoms with Crippen LogP contribution in [0.1, 0.15) is 6.23 Å². The number of nitrogens with one attached hydrogen (secondary N) is 1. The molecule has 1 aliphatic rings. The fraction of sp³-hybridized carbons (Fsp3) is 0.455. The molecule has 0 aliphatic carbocycles. The van der Waals surface area contributed by atoms with Crippen molar-refractivity contribution in [3.63, 3.8) is 0 Å². The lowest BCUT2D eigenvalue weighted by molar-refractivity contribution is -0.0739. The number of aromatic nitrogens is 2. The molecule has 1 fully saturated rings. The van der Waals surface area contributed by atoms with E-state index in [9.17, 15) is 14.3 Å². The van der Waals surface area contributed by atoms with Crippen LogP contribution in [0.25, 0.3) is 0 Å². The Balaban J connectivity index is 2.52. The van der Waals surface area contributed by atoms with Crippen LogP contribution in [0.3, 0.4) is 0 Å². The highest BCUT2D eigenvalue weighted by Crippen LogP contribution is 2.39. The van der Waals surface area contributed by atoms with Crippen molar-refractivity contribution >= 4 is 12.2 Å². The van der Waals surface area contributed by atoms with Gasteiger partial charge in [-0.25, -0.2) is 4.39 Å². The molecule has 1 aromatic rings. The summed E-state index contributed by atoms with van der Waals surface area (Å²) in [7, 11) is 0. The summed E-state index contributed by atoms with van der Waals surface area (Å²) < 4.78 is 20.2. The first-order chi connectivity index (χ1) is 8.93. The van der Waals surface area contributed by atoms with E-state index in [1.165, 1.54) is 6.20 Å². The van der Waals surface area contributed by atoms with Gasteiger partial charge in [0.1, 0.15) is 6.10 Å². The predicted molar refractivity (Wildman–Crippen MR) is 65.6 cm³/mol. The maximum atomic E-state index is 14.0. The Hall–Kier alpha value is -1.53. The van der Waals surface area contributed by atoms with Gasteiger partial charge in [-0.05, 0) is 12.2 Å². The van der Waals surface area contributed by atoms with Gasteiger partial charge in [0.25, 0.3) is 5.56 Å². The molecule has 1 aliphatic heterocycles. The summed E-state index contributed by atoms with van der Waals surface area (Å²) in [6, 6.07) is 1.13. The first kappa shape index (κ1) is 13.9. The van der Waals surface area contributed by atoms with Crippen LogP contribution in [0.15, 0.2) is 17.1 Å². The number of hydrogen-bond donors (Lipinski definition) is 3. The van der Waals surface area contributed by atoms with Gasteiger partial charge in [0.2, 0.25) is 5.60 Å². The van der Waals surface area contributed by atoms with Crippen LogP contribution in [0.2, 0.25) is 0 Å². The number of terminal acetylenes is 1. The minimum atomic E-state index is -2.27. The zero-order valence-electron chi connectivity index (χ0n) is 9.62. The number of H-pyrrole nitrogens is 1. The molecule has 1 saturated heterocycles. The van der Waals surface area contributed by atoms with E-state index in [4.69, 9.17) is 28.5 Å². The molecule has 2 heterocycles. The van der Waals surface area contributed by atoms with Crippen LogP contribution in [0.4, 0.5) is 4.39 Å². The van der Waals surface area contributed by atoms with E-state index in [-0.39, 0.29) is 4.77 Å². The van der Waals surface area contributed by atoms with E-state index in [0.29, 0.717) is 0 Å². The molecule has 0 radical (unpaired) electrons. The fourth-order valence-electron chi connectivity index (χ4n) is 1.93. The lowest BCUT2D eigenvalue weighted by atomic mass is 9.96. The average molecular weight is 286 g/mol. The van der Waals surface area contributed by atoms with Crippen LogP contribution in [0.5, 0.6) is 0 Å². The van der Waals surface area contributed by atoms with Crippen molar-refractivity contribution in [2.24, 2.45) is 0 Å². The monoisotopic (exact) mass is 286 g/mol. The van der Waals surface area contributed by atoms with Gasteiger partial charge < -0.3 is 14.9 Å². The molecule has 0 spiro atoms. The molecule has 19 heavy (non-hydrogen) atoms. The molecule has 0 saturated carbocycles. The smallest absolute Gasteiger partial charge is 0.251 e. The molecule has 2 rings (SSSR count). The van der Waals surface area contributed by atoms with Crippen molar-refractivity contribution in [2.75, 3.05) is 6.61 Å². The molecule has 3 unspecified atom stereocenters. The molecule has 0 amide bonds. The normalized spacial score (nSPS) is 34.1. The molecule has 0 bridgehead atoms. The lowest BCUT2D eigenvalue weighted by Crippen LogP contribution is -2.43. The van der Waals surface area contributed by atoms with Crippen LogP contribution < -0.4 is 5.56 Å². The minimum absolute atomic E-state index is 0.0723. The van der Waals surface area contributed by atoms with Crippen molar-refractivity contribution in [2.45, 2.75) is 24.1 Å². The fourth-order valence-corrected chi connectivity index (χ4v) is 2.19. The molecule has 1 aromatic heterocycles. The summed E-state index contributed by atoms with van der Waals surface area (Å²) in [6.07, 6.45) is 1.84. The predicted octanol–water partition coefficient (Wildman–Crippen LogP) is -0.502. The van der Waals surface area contributed by atoms with E-state index in [0.717, 1.165) is 10.6 Å². The number of ether oxygens (including phenoxy) is 1. The number of aliphatic hydroxyl groups is 2. The van der Waals surface area contributed by atoms with Gasteiger partial charge in [0, 0.05) is 12.3 Å². The molecule has 8 heteroatoms. The number of nitrogens with zero attached hydrogens (tertiary/aromatic N) is 1. The van der Waals surface area contributed by atoms with E-state index in [1.54, 1.807) is 0 Å². The van der Waals surface area contributed by atoms with E-state index >= 15 is 0 Å². The summed E-state index contributed by atoms with van der Waals surface area (Å²) in [5, 5.41) is 19.2. The van der Waals surface area contributed by atoms with Gasteiger partial charge in [0.15, 0.2) is 17.2 Å². The summed E-state index contributed by atoms with van der Waals surface area (Å²) in [6.45, 7) is -0.641. The maximum absolute atomic E-state index is 14.0. The van der Waals surface area contributed by atoms with E-state index in [2.05, 4.69) is 4.98 Å². The van der Waals surface area contributed by atoms with Crippen molar-refractivity contribution in [1.82, 2.24) is 9.55 Å². The highest BCUT2D eigenvalue weighted by Gasteiger charge is 2.56. The topological polar surface area (TPSA) is 87.5 Å². The Bertz CT molecular complexity index is 637. The van der Waals surface area contributed by atoms with Crippen LogP contribution in [-0.4, -0.2) is 44.2 Å². The maximum Gasteiger partial charge on any atom is 0.251 e. The second-order valence-corrected chi connectivity index (χ2v) is 4.49. The SMILES string of the molecule is C#CC1(O)C(n2ccc(=O)[nH]c2=S)OC(CO)[C@@H]1F. The number of hydrogen-bond acceptors (Lipinski definition) is 5. The van der Waals surface area contributed by atoms with Crippen molar-refractivity contribution < 1.29 is 19.3 Å². The van der Waals surface area contributed by atoms with Crippen molar-refractivity contribution in [3.8, 4) is 12.3 Å². The first-order valence-electron chi connectivity index (χ1n) is 5.36. The Kier molecular flexibility index (Phi) is 3.56. The Morgan fingerprint density at radius 2 is 2.42 bits per heavy atom. The third-order valence-electron chi connectivity index (χ3n) is 2.94. The number of rotatable bonds is 2. The van der Waals surface area contributed by atoms with Crippen LogP contribution in [0, 0.1) is 17.1 Å². The summed E-state index contributed by atoms with van der Waals surface area (Å²) in [5.41, 5.74) is -2.72. The van der Waals surface area contributed by atoms with Gasteiger partial charge in [-0.15, -0.1) is 6.42 Å². The Morgan fingerprint density at radius 1 is 1.74 bits per heavy atom. The molecular weight excluding hydrogens is 275 g/mol. The highest BCUT2D eigenvalue weighted by molar-refractivity contribution is 7.71. The zero-order valence-corrected chi connectivity index (χ0v) is 10.4. The Morgan fingerprint density at radius 3 is 2.95 bits per heavy atom. The van der Waals surface area contributed by atoms with Crippen molar-refractivity contribution in [1.29, 1.82) is 0 Å². The molecule has 4 atom stereocenters. The summed E-state index contributed by atoms with van der Waals surface area (Å²) in [5.74, 6) is 1.93. The summed E-state index contributed by atoms with van der Waals surface area (Å²) in [4.78, 5) is 13.4. The largest absolute Gasteiger partial charge is 0.394 e. The molecule has 0 aromatic carbocycles. The number of aromatic amines is 1. The van der Waals surface area contributed by atoms with Crippen LogP contribution in [-0.2, 0) is 4.74 Å². The van der Waals surface area contributed by atoms with Gasteiger partial charge in [0.05, 0.1) is 6.61 Å². The second kappa shape index (κ2) is 4.86. The summed E-state index contributed by atoms with van der Waals surface area (Å²) >= 11 is 4.90. The third kappa shape index (κ3) is 2.11. The van der Waals surface area contributed by atoms with Gasteiger partial charge in [-0.2, -0.15) is 0 Å². The number of halogens is 1. The highest BCUT2D eigenvalue weighted by atomic mass is 32.1. The molecule has 102 valence electrons. The standard InChI is InChI=1S/C11H11FN2O4S/c1-2-11(17)8(12)6(5-15)18-9(11)14-4-3-7(16)13-10(14)19/h1,3-4,6,8-9,15,17H,5H2,(H,13,16,19)/t6?,8-,9?,11?/m0/s1.